The number of aromatic nitrogens is 3. The van der Waals surface area contributed by atoms with E-state index in [0.717, 1.165) is 28.1 Å². The smallest absolute Gasteiger partial charge is 0.179 e. The maximum atomic E-state index is 2.53. The monoisotopic (exact) mass is 831 g/mol. The molecule has 0 spiro atoms. The molecule has 0 aliphatic rings. The van der Waals surface area contributed by atoms with Gasteiger partial charge in [-0.05, 0) is 75.3 Å². The molecule has 3 nitrogen and oxygen atoms in total. The Labute approximate surface area is 372 Å². The van der Waals surface area contributed by atoms with E-state index in [9.17, 15) is 0 Å². The lowest BCUT2D eigenvalue weighted by molar-refractivity contribution is 1.12. The summed E-state index contributed by atoms with van der Waals surface area (Å²) >= 11 is 0. The van der Waals surface area contributed by atoms with E-state index in [-0.39, 0.29) is 0 Å². The van der Waals surface area contributed by atoms with Crippen molar-refractivity contribution in [3.63, 3.8) is 0 Å². The molecule has 0 bridgehead atoms. The number of nitrogens with zero attached hydrogens (tertiary/aromatic N) is 3. The summed E-state index contributed by atoms with van der Waals surface area (Å²) in [5.41, 5.74) is 10.5. The molecule has 64 heavy (non-hydrogen) atoms. The molecule has 0 aliphatic heterocycles. The summed E-state index contributed by atoms with van der Waals surface area (Å²) in [6, 6.07) is 92.2. The minimum atomic E-state index is -2.74. The molecule has 13 aromatic rings. The largest absolute Gasteiger partial charge is 0.309 e. The third kappa shape index (κ3) is 5.21. The van der Waals surface area contributed by atoms with Gasteiger partial charge in [0.15, 0.2) is 8.07 Å². The molecule has 0 atom stereocenters. The van der Waals surface area contributed by atoms with Gasteiger partial charge in [0.05, 0.1) is 44.5 Å². The van der Waals surface area contributed by atoms with E-state index in [1.165, 1.54) is 75.1 Å². The van der Waals surface area contributed by atoms with E-state index < -0.39 is 8.07 Å². The number of hydrogen-bond donors (Lipinski definition) is 0. The predicted octanol–water partition coefficient (Wildman–Crippen LogP) is 12.4. The van der Waals surface area contributed by atoms with Crippen molar-refractivity contribution in [2.75, 3.05) is 0 Å². The van der Waals surface area contributed by atoms with Gasteiger partial charge >= 0.3 is 0 Å². The molecule has 0 radical (unpaired) electrons. The molecule has 3 heterocycles. The molecule has 0 N–H and O–H groups in total. The van der Waals surface area contributed by atoms with Crippen LogP contribution in [0.15, 0.2) is 249 Å². The van der Waals surface area contributed by atoms with Crippen molar-refractivity contribution in [3.8, 4) is 17.1 Å². The Morgan fingerprint density at radius 1 is 0.234 bits per heavy atom. The van der Waals surface area contributed by atoms with Crippen LogP contribution < -0.4 is 20.7 Å². The van der Waals surface area contributed by atoms with Crippen LogP contribution in [0, 0.1) is 0 Å². The van der Waals surface area contributed by atoms with Crippen molar-refractivity contribution >= 4 is 94.2 Å². The first kappa shape index (κ1) is 36.5. The van der Waals surface area contributed by atoms with Crippen LogP contribution in [0.2, 0.25) is 0 Å². The molecule has 0 fully saturated rings. The second-order valence-electron chi connectivity index (χ2n) is 16.8. The van der Waals surface area contributed by atoms with E-state index in [1.54, 1.807) is 0 Å². The van der Waals surface area contributed by atoms with Gasteiger partial charge in [0.2, 0.25) is 0 Å². The van der Waals surface area contributed by atoms with E-state index >= 15 is 0 Å². The fraction of sp³-hybridized carbons (Fsp3) is 0. The van der Waals surface area contributed by atoms with Crippen LogP contribution in [-0.2, 0) is 0 Å². The van der Waals surface area contributed by atoms with Gasteiger partial charge in [-0.25, -0.2) is 0 Å². The van der Waals surface area contributed by atoms with Gasteiger partial charge in [-0.2, -0.15) is 0 Å². The van der Waals surface area contributed by atoms with Gasteiger partial charge in [-0.15, -0.1) is 0 Å². The van der Waals surface area contributed by atoms with Gasteiger partial charge < -0.3 is 13.7 Å². The standard InChI is InChI=1S/C60H41N3Si/c1-4-20-43(21-5-1)64(44-22-6-2-7-23-44,45-24-8-3-9-25-45)46-38-36-42(37-39-46)61-56-35-19-14-30-51(56)59-57(62-52-31-15-10-26-47(52)48-27-11-16-32-53(48)62)40-41-58(60(59)61)63-54-33-17-12-28-49(54)50-29-13-18-34-55(50)63/h1-41H. The molecule has 3 aromatic heterocycles. The summed E-state index contributed by atoms with van der Waals surface area (Å²) in [4.78, 5) is 0. The zero-order valence-corrected chi connectivity index (χ0v) is 36.0. The van der Waals surface area contributed by atoms with Crippen molar-refractivity contribution < 1.29 is 0 Å². The number of rotatable bonds is 7. The number of hydrogen-bond acceptors (Lipinski definition) is 0. The number of para-hydroxylation sites is 5. The van der Waals surface area contributed by atoms with Crippen LogP contribution in [0.1, 0.15) is 0 Å². The first-order chi connectivity index (χ1) is 31.8. The van der Waals surface area contributed by atoms with Crippen molar-refractivity contribution in [1.29, 1.82) is 0 Å². The maximum Gasteiger partial charge on any atom is 0.179 e. The molecule has 0 saturated carbocycles. The van der Waals surface area contributed by atoms with E-state index in [4.69, 9.17) is 0 Å². The average molecular weight is 832 g/mol. The van der Waals surface area contributed by atoms with Crippen LogP contribution in [0.4, 0.5) is 0 Å². The molecule has 0 saturated heterocycles. The van der Waals surface area contributed by atoms with Gasteiger partial charge in [-0.1, -0.05) is 194 Å². The molecule has 0 unspecified atom stereocenters. The highest BCUT2D eigenvalue weighted by Gasteiger charge is 2.41. The van der Waals surface area contributed by atoms with Crippen LogP contribution in [0.5, 0.6) is 0 Å². The Bertz CT molecular complexity index is 3680. The fourth-order valence-electron chi connectivity index (χ4n) is 11.0. The van der Waals surface area contributed by atoms with Crippen LogP contribution in [0.3, 0.4) is 0 Å². The van der Waals surface area contributed by atoms with Crippen LogP contribution in [-0.4, -0.2) is 21.8 Å². The van der Waals surface area contributed by atoms with E-state index in [1.807, 2.05) is 0 Å². The van der Waals surface area contributed by atoms with Crippen LogP contribution in [0.25, 0.3) is 82.5 Å². The molecule has 13 rings (SSSR count). The maximum absolute atomic E-state index is 2.74. The Balaban J connectivity index is 1.15. The van der Waals surface area contributed by atoms with Crippen molar-refractivity contribution in [2.24, 2.45) is 0 Å². The van der Waals surface area contributed by atoms with Gasteiger partial charge in [0, 0.05) is 38.0 Å². The Morgan fingerprint density at radius 2 is 0.547 bits per heavy atom. The van der Waals surface area contributed by atoms with Crippen molar-refractivity contribution in [3.05, 3.63) is 249 Å². The first-order valence-corrected chi connectivity index (χ1v) is 24.1. The van der Waals surface area contributed by atoms with Crippen LogP contribution >= 0.6 is 0 Å². The minimum Gasteiger partial charge on any atom is -0.309 e. The molecule has 300 valence electrons. The van der Waals surface area contributed by atoms with Crippen molar-refractivity contribution in [1.82, 2.24) is 13.7 Å². The predicted molar refractivity (Wildman–Crippen MR) is 273 cm³/mol. The second kappa shape index (κ2) is 14.5. The lowest BCUT2D eigenvalue weighted by atomic mass is 10.1. The molecule has 0 amide bonds. The third-order valence-electron chi connectivity index (χ3n) is 13.6. The summed E-state index contributed by atoms with van der Waals surface area (Å²) in [6.07, 6.45) is 0. The highest BCUT2D eigenvalue weighted by molar-refractivity contribution is 7.19. The zero-order chi connectivity index (χ0) is 42.2. The number of fused-ring (bicyclic) bond motifs is 9. The summed E-state index contributed by atoms with van der Waals surface area (Å²) in [7, 11) is -2.74. The number of benzene rings is 10. The second-order valence-corrected chi connectivity index (χ2v) is 20.6. The SMILES string of the molecule is c1ccc([Si](c2ccccc2)(c2ccccc2)c2ccc(-n3c4ccccc4c4c(-n5c6ccccc6c6ccccc65)ccc(-n5c6ccccc6c6ccccc65)c43)cc2)cc1. The Morgan fingerprint density at radius 3 is 0.969 bits per heavy atom. The quantitative estimate of drug-likeness (QED) is 0.112. The topological polar surface area (TPSA) is 14.8 Å². The molecule has 0 aliphatic carbocycles. The van der Waals surface area contributed by atoms with Crippen molar-refractivity contribution in [2.45, 2.75) is 0 Å². The molecule has 4 heteroatoms. The Kier molecular flexibility index (Phi) is 8.23. The molecule has 10 aromatic carbocycles. The third-order valence-corrected chi connectivity index (χ3v) is 18.4. The lowest BCUT2D eigenvalue weighted by Crippen LogP contribution is -2.74. The summed E-state index contributed by atoms with van der Waals surface area (Å²) < 4.78 is 7.51. The highest BCUT2D eigenvalue weighted by Crippen LogP contribution is 2.44. The van der Waals surface area contributed by atoms with Gasteiger partial charge in [0.25, 0.3) is 0 Å². The normalized spacial score (nSPS) is 12.1. The highest BCUT2D eigenvalue weighted by atomic mass is 28.3. The minimum absolute atomic E-state index is 1.12. The Hall–Kier alpha value is -8.18. The first-order valence-electron chi connectivity index (χ1n) is 22.1. The summed E-state index contributed by atoms with van der Waals surface area (Å²) in [5.74, 6) is 0. The molecular formula is C60H41N3Si. The summed E-state index contributed by atoms with van der Waals surface area (Å²) in [6.45, 7) is 0. The zero-order valence-electron chi connectivity index (χ0n) is 35.0. The molecular weight excluding hydrogens is 791 g/mol. The van der Waals surface area contributed by atoms with E-state index in [0.29, 0.717) is 0 Å². The van der Waals surface area contributed by atoms with Gasteiger partial charge in [0.1, 0.15) is 0 Å². The van der Waals surface area contributed by atoms with Gasteiger partial charge in [-0.3, -0.25) is 0 Å². The van der Waals surface area contributed by atoms with E-state index in [2.05, 4.69) is 262 Å². The average Bonchev–Trinajstić information content (AvgIpc) is 4.02. The summed E-state index contributed by atoms with van der Waals surface area (Å²) in [5, 5.41) is 12.8. The lowest BCUT2D eigenvalue weighted by Gasteiger charge is -2.34. The fourth-order valence-corrected chi connectivity index (χ4v) is 15.7.